The summed E-state index contributed by atoms with van der Waals surface area (Å²) in [6, 6.07) is 79.3. The predicted molar refractivity (Wildman–Crippen MR) is 256 cm³/mol. The molecule has 5 heteroatoms. The van der Waals surface area contributed by atoms with Crippen LogP contribution in [0.5, 0.6) is 0 Å². The molecule has 0 aliphatic rings. The van der Waals surface area contributed by atoms with Crippen LogP contribution in [0.4, 0.5) is 0 Å². The third-order valence-corrected chi connectivity index (χ3v) is 12.0. The zero-order valence-corrected chi connectivity index (χ0v) is 33.6. The van der Waals surface area contributed by atoms with E-state index in [1.165, 1.54) is 32.6 Å². The summed E-state index contributed by atoms with van der Waals surface area (Å²) in [5.41, 5.74) is 13.9. The minimum Gasteiger partial charge on any atom is -0.307 e. The summed E-state index contributed by atoms with van der Waals surface area (Å²) < 4.78 is 4.86. The van der Waals surface area contributed by atoms with Crippen LogP contribution in [0.1, 0.15) is 0 Å². The van der Waals surface area contributed by atoms with E-state index in [0.717, 1.165) is 61.4 Å². The molecule has 0 radical (unpaired) electrons. The van der Waals surface area contributed by atoms with Gasteiger partial charge in [-0.1, -0.05) is 182 Å². The monoisotopic (exact) mass is 791 g/mol. The Morgan fingerprint density at radius 1 is 0.258 bits per heavy atom. The van der Waals surface area contributed by atoms with Gasteiger partial charge in [-0.15, -0.1) is 0 Å². The van der Waals surface area contributed by atoms with Gasteiger partial charge in [-0.25, -0.2) is 15.0 Å². The molecule has 12 rings (SSSR count). The first-order valence-corrected chi connectivity index (χ1v) is 20.9. The maximum Gasteiger partial charge on any atom is 0.164 e. The topological polar surface area (TPSA) is 48.5 Å². The Hall–Kier alpha value is -8.41. The van der Waals surface area contributed by atoms with Crippen LogP contribution < -0.4 is 0 Å². The molecule has 0 saturated heterocycles. The van der Waals surface area contributed by atoms with Crippen LogP contribution in [-0.2, 0) is 0 Å². The van der Waals surface area contributed by atoms with E-state index in [1.54, 1.807) is 0 Å². The van der Waals surface area contributed by atoms with Crippen molar-refractivity contribution >= 4 is 43.6 Å². The SMILES string of the molecule is c1ccc(-c2ccc(-c3nc(-c4ccccc4)nc(-c4cc(-c5ccccc5)cc(-n5c6ccccc6c6cccc(-n7c8ccccc8c8ccccc87)c65)c4)n3)cc2)cc1. The van der Waals surface area contributed by atoms with Crippen molar-refractivity contribution in [3.63, 3.8) is 0 Å². The molecule has 0 aliphatic heterocycles. The van der Waals surface area contributed by atoms with Crippen LogP contribution in [0.25, 0.3) is 111 Å². The lowest BCUT2D eigenvalue weighted by Gasteiger charge is -2.17. The number of hydrogen-bond acceptors (Lipinski definition) is 3. The summed E-state index contributed by atoms with van der Waals surface area (Å²) in [6.07, 6.45) is 0. The Labute approximate surface area is 358 Å². The average molecular weight is 792 g/mol. The lowest BCUT2D eigenvalue weighted by atomic mass is 10.0. The van der Waals surface area contributed by atoms with E-state index in [1.807, 2.05) is 24.3 Å². The zero-order chi connectivity index (χ0) is 41.0. The number of aromatic nitrogens is 5. The number of hydrogen-bond donors (Lipinski definition) is 0. The van der Waals surface area contributed by atoms with Gasteiger partial charge in [0.25, 0.3) is 0 Å². The molecule has 0 unspecified atom stereocenters. The molecule has 0 bridgehead atoms. The average Bonchev–Trinajstić information content (AvgIpc) is 3.88. The quantitative estimate of drug-likeness (QED) is 0.162. The molecule has 12 aromatic rings. The molecule has 0 atom stereocenters. The lowest BCUT2D eigenvalue weighted by molar-refractivity contribution is 1.07. The maximum atomic E-state index is 5.27. The Morgan fingerprint density at radius 2 is 0.645 bits per heavy atom. The van der Waals surface area contributed by atoms with Gasteiger partial charge in [-0.05, 0) is 64.7 Å². The fraction of sp³-hybridized carbons (Fsp3) is 0. The van der Waals surface area contributed by atoms with Crippen LogP contribution in [0.15, 0.2) is 224 Å². The number of rotatable bonds is 7. The highest BCUT2D eigenvalue weighted by molar-refractivity contribution is 6.15. The smallest absolute Gasteiger partial charge is 0.164 e. The Morgan fingerprint density at radius 3 is 1.23 bits per heavy atom. The van der Waals surface area contributed by atoms with Crippen molar-refractivity contribution in [3.8, 4) is 67.8 Å². The van der Waals surface area contributed by atoms with Crippen LogP contribution in [0.3, 0.4) is 0 Å². The van der Waals surface area contributed by atoms with Gasteiger partial charge in [-0.2, -0.15) is 0 Å². The van der Waals surface area contributed by atoms with Crippen molar-refractivity contribution in [1.29, 1.82) is 0 Å². The second-order valence-electron chi connectivity index (χ2n) is 15.6. The van der Waals surface area contributed by atoms with Gasteiger partial charge in [0.1, 0.15) is 0 Å². The van der Waals surface area contributed by atoms with Crippen LogP contribution in [0, 0.1) is 0 Å². The largest absolute Gasteiger partial charge is 0.307 e. The molecule has 0 spiro atoms. The van der Waals surface area contributed by atoms with Gasteiger partial charge in [-0.3, -0.25) is 0 Å². The molecule has 3 aromatic heterocycles. The van der Waals surface area contributed by atoms with E-state index in [9.17, 15) is 0 Å². The minimum atomic E-state index is 0.600. The van der Waals surface area contributed by atoms with Gasteiger partial charge < -0.3 is 9.13 Å². The lowest BCUT2D eigenvalue weighted by Crippen LogP contribution is -2.03. The van der Waals surface area contributed by atoms with Crippen molar-refractivity contribution in [2.24, 2.45) is 0 Å². The Bertz CT molecular complexity index is 3550. The first-order valence-electron chi connectivity index (χ1n) is 20.9. The standard InChI is InChI=1S/C57H37N5/c1-4-17-38(18-5-1)40-31-33-42(34-32-40)56-58-55(41-21-8-3-9-22-41)59-57(60-56)44-35-43(39-19-6-2-7-20-39)36-45(37-44)61-50-27-13-12-25-48(50)49-26-16-30-53(54(49)61)62-51-28-14-10-23-46(51)47-24-11-15-29-52(47)62/h1-37H. The number of nitrogens with zero attached hydrogens (tertiary/aromatic N) is 5. The van der Waals surface area contributed by atoms with E-state index in [4.69, 9.17) is 15.0 Å². The molecule has 9 aromatic carbocycles. The third kappa shape index (κ3) is 5.98. The van der Waals surface area contributed by atoms with Gasteiger partial charge in [0.05, 0.1) is 27.8 Å². The summed E-state index contributed by atoms with van der Waals surface area (Å²) in [5.74, 6) is 1.84. The Balaban J connectivity index is 1.12. The highest BCUT2D eigenvalue weighted by Gasteiger charge is 2.22. The zero-order valence-electron chi connectivity index (χ0n) is 33.6. The molecule has 0 N–H and O–H groups in total. The van der Waals surface area contributed by atoms with Crippen molar-refractivity contribution < 1.29 is 0 Å². The summed E-state index contributed by atoms with van der Waals surface area (Å²) in [5, 5.41) is 4.82. The van der Waals surface area contributed by atoms with Crippen LogP contribution >= 0.6 is 0 Å². The fourth-order valence-electron chi connectivity index (χ4n) is 9.09. The van der Waals surface area contributed by atoms with Crippen molar-refractivity contribution in [3.05, 3.63) is 224 Å². The van der Waals surface area contributed by atoms with E-state index < -0.39 is 0 Å². The molecule has 5 nitrogen and oxygen atoms in total. The molecule has 0 amide bonds. The van der Waals surface area contributed by atoms with Gasteiger partial charge >= 0.3 is 0 Å². The highest BCUT2D eigenvalue weighted by Crippen LogP contribution is 2.41. The molecular formula is C57H37N5. The minimum absolute atomic E-state index is 0.600. The summed E-state index contributed by atoms with van der Waals surface area (Å²) in [4.78, 5) is 15.6. The number of benzene rings is 9. The first kappa shape index (κ1) is 35.5. The van der Waals surface area contributed by atoms with Crippen molar-refractivity contribution in [2.75, 3.05) is 0 Å². The molecule has 0 fully saturated rings. The second-order valence-corrected chi connectivity index (χ2v) is 15.6. The van der Waals surface area contributed by atoms with Crippen molar-refractivity contribution in [2.45, 2.75) is 0 Å². The third-order valence-electron chi connectivity index (χ3n) is 12.0. The van der Waals surface area contributed by atoms with Crippen molar-refractivity contribution in [1.82, 2.24) is 24.1 Å². The normalized spacial score (nSPS) is 11.5. The highest BCUT2D eigenvalue weighted by atomic mass is 15.1. The first-order chi connectivity index (χ1) is 30.7. The summed E-state index contributed by atoms with van der Waals surface area (Å²) in [7, 11) is 0. The molecular weight excluding hydrogens is 755 g/mol. The maximum absolute atomic E-state index is 5.27. The van der Waals surface area contributed by atoms with E-state index in [0.29, 0.717) is 17.5 Å². The van der Waals surface area contributed by atoms with E-state index in [2.05, 4.69) is 209 Å². The number of fused-ring (bicyclic) bond motifs is 6. The van der Waals surface area contributed by atoms with Gasteiger partial charge in [0.2, 0.25) is 0 Å². The number of para-hydroxylation sites is 4. The van der Waals surface area contributed by atoms with Crippen LogP contribution in [-0.4, -0.2) is 24.1 Å². The van der Waals surface area contributed by atoms with Crippen LogP contribution in [0.2, 0.25) is 0 Å². The molecule has 290 valence electrons. The summed E-state index contributed by atoms with van der Waals surface area (Å²) in [6.45, 7) is 0. The molecule has 0 saturated carbocycles. The van der Waals surface area contributed by atoms with Gasteiger partial charge in [0, 0.05) is 43.9 Å². The second kappa shape index (κ2) is 14.7. The fourth-order valence-corrected chi connectivity index (χ4v) is 9.09. The predicted octanol–water partition coefficient (Wildman–Crippen LogP) is 14.4. The van der Waals surface area contributed by atoms with E-state index >= 15 is 0 Å². The molecule has 3 heterocycles. The summed E-state index contributed by atoms with van der Waals surface area (Å²) >= 11 is 0. The van der Waals surface area contributed by atoms with Gasteiger partial charge in [0.15, 0.2) is 17.5 Å². The molecule has 62 heavy (non-hydrogen) atoms. The van der Waals surface area contributed by atoms with E-state index in [-0.39, 0.29) is 0 Å². The molecule has 0 aliphatic carbocycles. The Kier molecular flexibility index (Phi) is 8.42.